The van der Waals surface area contributed by atoms with E-state index in [4.69, 9.17) is 9.47 Å². The second-order valence-corrected chi connectivity index (χ2v) is 5.85. The highest BCUT2D eigenvalue weighted by molar-refractivity contribution is 5.85. The van der Waals surface area contributed by atoms with Crippen LogP contribution in [0.15, 0.2) is 41.2 Å². The van der Waals surface area contributed by atoms with Gasteiger partial charge in [-0.3, -0.25) is 9.59 Å². The molecular weight excluding hydrogens is 358 g/mol. The number of para-hydroxylation sites is 1. The molecule has 140 valence electrons. The molecule has 1 amide bonds. The van der Waals surface area contributed by atoms with E-state index in [1.54, 1.807) is 13.2 Å². The molecule has 1 saturated heterocycles. The van der Waals surface area contributed by atoms with Gasteiger partial charge in [0.1, 0.15) is 12.3 Å². The van der Waals surface area contributed by atoms with Crippen LogP contribution in [0.4, 0.5) is 0 Å². The summed E-state index contributed by atoms with van der Waals surface area (Å²) in [7, 11) is 1.58. The Labute approximate surface area is 157 Å². The van der Waals surface area contributed by atoms with Gasteiger partial charge in [-0.1, -0.05) is 12.1 Å². The molecule has 1 aromatic heterocycles. The first-order valence-electron chi connectivity index (χ1n) is 8.27. The maximum absolute atomic E-state index is 12.1. The van der Waals surface area contributed by atoms with Crippen molar-refractivity contribution in [3.8, 4) is 17.0 Å². The first-order chi connectivity index (χ1) is 12.2. The number of ether oxygens (including phenoxy) is 2. The topological polar surface area (TPSA) is 82.5 Å². The average Bonchev–Trinajstić information content (AvgIpc) is 3.15. The molecule has 1 aromatic carbocycles. The number of methoxy groups -OCH3 is 1. The Morgan fingerprint density at radius 3 is 2.88 bits per heavy atom. The van der Waals surface area contributed by atoms with Crippen molar-refractivity contribution in [2.45, 2.75) is 25.5 Å². The van der Waals surface area contributed by atoms with Crippen molar-refractivity contribution in [2.24, 2.45) is 0 Å². The second-order valence-electron chi connectivity index (χ2n) is 5.85. The van der Waals surface area contributed by atoms with Crippen molar-refractivity contribution >= 4 is 18.3 Å². The van der Waals surface area contributed by atoms with Crippen molar-refractivity contribution in [2.75, 3.05) is 20.3 Å². The molecule has 0 bridgehead atoms. The van der Waals surface area contributed by atoms with Crippen LogP contribution in [0.25, 0.3) is 11.3 Å². The van der Waals surface area contributed by atoms with Crippen molar-refractivity contribution < 1.29 is 14.3 Å². The van der Waals surface area contributed by atoms with E-state index in [9.17, 15) is 9.59 Å². The predicted molar refractivity (Wildman–Crippen MR) is 99.7 cm³/mol. The van der Waals surface area contributed by atoms with Crippen molar-refractivity contribution in [3.05, 3.63) is 46.8 Å². The third-order valence-electron chi connectivity index (χ3n) is 4.09. The SMILES string of the molecule is COc1ccccc1-c1ccc(=O)n(CC(=O)NCC2CCCO2)n1.Cl. The van der Waals surface area contributed by atoms with E-state index in [-0.39, 0.29) is 36.5 Å². The van der Waals surface area contributed by atoms with E-state index >= 15 is 0 Å². The lowest BCUT2D eigenvalue weighted by atomic mass is 10.1. The zero-order chi connectivity index (χ0) is 17.6. The third kappa shape index (κ3) is 4.83. The summed E-state index contributed by atoms with van der Waals surface area (Å²) in [6, 6.07) is 10.4. The zero-order valence-electron chi connectivity index (χ0n) is 14.5. The number of aromatic nitrogens is 2. The molecule has 26 heavy (non-hydrogen) atoms. The lowest BCUT2D eigenvalue weighted by Crippen LogP contribution is -2.37. The predicted octanol–water partition coefficient (Wildman–Crippen LogP) is 1.64. The summed E-state index contributed by atoms with van der Waals surface area (Å²) in [5, 5.41) is 7.10. The van der Waals surface area contributed by atoms with Gasteiger partial charge in [0, 0.05) is 24.8 Å². The van der Waals surface area contributed by atoms with Crippen molar-refractivity contribution in [1.82, 2.24) is 15.1 Å². The number of benzene rings is 1. The lowest BCUT2D eigenvalue weighted by Gasteiger charge is -2.12. The molecule has 0 aliphatic carbocycles. The van der Waals surface area contributed by atoms with E-state index < -0.39 is 0 Å². The van der Waals surface area contributed by atoms with Crippen LogP contribution in [0.3, 0.4) is 0 Å². The Morgan fingerprint density at radius 1 is 1.35 bits per heavy atom. The zero-order valence-corrected chi connectivity index (χ0v) is 15.3. The van der Waals surface area contributed by atoms with Gasteiger partial charge in [0.25, 0.3) is 5.56 Å². The molecule has 0 spiro atoms. The first kappa shape index (κ1) is 19.9. The van der Waals surface area contributed by atoms with E-state index in [2.05, 4.69) is 10.4 Å². The fraction of sp³-hybridized carbons (Fsp3) is 0.389. The molecule has 7 nitrogen and oxygen atoms in total. The van der Waals surface area contributed by atoms with Crippen LogP contribution in [-0.4, -0.2) is 42.1 Å². The lowest BCUT2D eigenvalue weighted by molar-refractivity contribution is -0.122. The summed E-state index contributed by atoms with van der Waals surface area (Å²) in [5.41, 5.74) is 1.01. The maximum atomic E-state index is 12.1. The number of hydrogen-bond acceptors (Lipinski definition) is 5. The fourth-order valence-electron chi connectivity index (χ4n) is 2.79. The molecule has 0 saturated carbocycles. The van der Waals surface area contributed by atoms with Crippen LogP contribution in [-0.2, 0) is 16.1 Å². The summed E-state index contributed by atoms with van der Waals surface area (Å²) in [6.07, 6.45) is 2.03. The van der Waals surface area contributed by atoms with Crippen LogP contribution in [0.1, 0.15) is 12.8 Å². The number of carbonyl (C=O) groups is 1. The first-order valence-corrected chi connectivity index (χ1v) is 8.27. The molecule has 0 radical (unpaired) electrons. The van der Waals surface area contributed by atoms with E-state index in [0.29, 0.717) is 18.0 Å². The minimum Gasteiger partial charge on any atom is -0.496 e. The molecule has 1 fully saturated rings. The molecule has 3 rings (SSSR count). The largest absolute Gasteiger partial charge is 0.496 e. The van der Waals surface area contributed by atoms with Crippen molar-refractivity contribution in [3.63, 3.8) is 0 Å². The minimum absolute atomic E-state index is 0. The van der Waals surface area contributed by atoms with Crippen LogP contribution in [0.2, 0.25) is 0 Å². The summed E-state index contributed by atoms with van der Waals surface area (Å²) < 4.78 is 12.0. The third-order valence-corrected chi connectivity index (χ3v) is 4.09. The van der Waals surface area contributed by atoms with Gasteiger partial charge in [-0.25, -0.2) is 4.68 Å². The number of halogens is 1. The van der Waals surface area contributed by atoms with E-state index in [0.717, 1.165) is 29.7 Å². The van der Waals surface area contributed by atoms with Gasteiger partial charge in [-0.2, -0.15) is 5.10 Å². The molecule has 2 aromatic rings. The molecule has 1 N–H and O–H groups in total. The molecule has 8 heteroatoms. The van der Waals surface area contributed by atoms with Gasteiger partial charge in [0.05, 0.1) is 18.9 Å². The monoisotopic (exact) mass is 379 g/mol. The number of nitrogens with one attached hydrogen (secondary N) is 1. The Morgan fingerprint density at radius 2 is 2.15 bits per heavy atom. The van der Waals surface area contributed by atoms with Crippen molar-refractivity contribution in [1.29, 1.82) is 0 Å². The molecule has 1 unspecified atom stereocenters. The average molecular weight is 380 g/mol. The molecule has 2 heterocycles. The van der Waals surface area contributed by atoms with Gasteiger partial charge in [-0.05, 0) is 31.0 Å². The smallest absolute Gasteiger partial charge is 0.267 e. The second kappa shape index (κ2) is 9.35. The quantitative estimate of drug-likeness (QED) is 0.825. The molecule has 1 aliphatic rings. The van der Waals surface area contributed by atoms with Gasteiger partial charge in [0.2, 0.25) is 5.91 Å². The molecule has 1 atom stereocenters. The normalized spacial score (nSPS) is 16.0. The number of carbonyl (C=O) groups excluding carboxylic acids is 1. The van der Waals surface area contributed by atoms with Gasteiger partial charge < -0.3 is 14.8 Å². The summed E-state index contributed by atoms with van der Waals surface area (Å²) in [5.74, 6) is 0.394. The number of hydrogen-bond donors (Lipinski definition) is 1. The summed E-state index contributed by atoms with van der Waals surface area (Å²) in [4.78, 5) is 24.1. The standard InChI is InChI=1S/C18H21N3O4.ClH/c1-24-16-7-3-2-6-14(16)15-8-9-18(23)21(20-15)12-17(22)19-11-13-5-4-10-25-13;/h2-3,6-9,13H,4-5,10-12H2,1H3,(H,19,22);1H. The van der Waals surface area contributed by atoms with Crippen LogP contribution in [0, 0.1) is 0 Å². The number of rotatable bonds is 6. The van der Waals surface area contributed by atoms with E-state index in [1.165, 1.54) is 6.07 Å². The molecular formula is C18H22ClN3O4. The Balaban J connectivity index is 0.00000243. The highest BCUT2D eigenvalue weighted by Crippen LogP contribution is 2.27. The minimum atomic E-state index is -0.328. The van der Waals surface area contributed by atoms with Gasteiger partial charge in [-0.15, -0.1) is 12.4 Å². The molecule has 1 aliphatic heterocycles. The Bertz CT molecular complexity index is 803. The highest BCUT2D eigenvalue weighted by atomic mass is 35.5. The highest BCUT2D eigenvalue weighted by Gasteiger charge is 2.17. The van der Waals surface area contributed by atoms with Crippen LogP contribution >= 0.6 is 12.4 Å². The van der Waals surface area contributed by atoms with E-state index in [1.807, 2.05) is 24.3 Å². The van der Waals surface area contributed by atoms with Crippen LogP contribution in [0.5, 0.6) is 5.75 Å². The Kier molecular flexibility index (Phi) is 7.17. The van der Waals surface area contributed by atoms with Crippen LogP contribution < -0.4 is 15.6 Å². The summed E-state index contributed by atoms with van der Waals surface area (Å²) >= 11 is 0. The maximum Gasteiger partial charge on any atom is 0.267 e. The van der Waals surface area contributed by atoms with Gasteiger partial charge in [0.15, 0.2) is 0 Å². The number of nitrogens with zero attached hydrogens (tertiary/aromatic N) is 2. The van der Waals surface area contributed by atoms with Gasteiger partial charge >= 0.3 is 0 Å². The Hall–Kier alpha value is -2.38. The summed E-state index contributed by atoms with van der Waals surface area (Å²) in [6.45, 7) is 1.07. The fourth-order valence-corrected chi connectivity index (χ4v) is 2.79. The number of amides is 1.